The van der Waals surface area contributed by atoms with E-state index in [1.807, 2.05) is 6.07 Å². The lowest BCUT2D eigenvalue weighted by Crippen LogP contribution is -2.31. The van der Waals surface area contributed by atoms with Crippen LogP contribution in [0.2, 0.25) is 0 Å². The van der Waals surface area contributed by atoms with Gasteiger partial charge in [0.1, 0.15) is 18.1 Å². The highest BCUT2D eigenvalue weighted by molar-refractivity contribution is 5.77. The first-order chi connectivity index (χ1) is 13.0. The Labute approximate surface area is 156 Å². The van der Waals surface area contributed by atoms with E-state index in [9.17, 15) is 13.6 Å². The number of aromatic nitrogens is 2. The topological polar surface area (TPSA) is 61.9 Å². The number of carbonyl (C=O) groups is 1. The zero-order chi connectivity index (χ0) is 19.4. The highest BCUT2D eigenvalue weighted by Gasteiger charge is 2.36. The summed E-state index contributed by atoms with van der Waals surface area (Å²) in [5.74, 6) is -0.574. The van der Waals surface area contributed by atoms with Crippen molar-refractivity contribution in [2.24, 2.45) is 0 Å². The molecule has 2 atom stereocenters. The SMILES string of the molecule is C=C(CCC(=O)N1CC(F)CC1c1cccc(F)c1)Cn1cc(C#N)cn1. The van der Waals surface area contributed by atoms with E-state index in [0.29, 0.717) is 24.1 Å². The van der Waals surface area contributed by atoms with Crippen LogP contribution in [0.5, 0.6) is 0 Å². The number of likely N-dealkylation sites (tertiary alicyclic amines) is 1. The molecule has 1 aromatic heterocycles. The quantitative estimate of drug-likeness (QED) is 0.731. The van der Waals surface area contributed by atoms with Gasteiger partial charge in [-0.05, 0) is 24.1 Å². The molecule has 5 nitrogen and oxygen atoms in total. The second-order valence-corrected chi connectivity index (χ2v) is 6.74. The summed E-state index contributed by atoms with van der Waals surface area (Å²) < 4.78 is 29.0. The van der Waals surface area contributed by atoms with Crippen LogP contribution in [-0.2, 0) is 11.3 Å². The summed E-state index contributed by atoms with van der Waals surface area (Å²) in [5, 5.41) is 12.9. The molecular weight excluding hydrogens is 350 g/mol. The first kappa shape index (κ1) is 18.8. The predicted octanol–water partition coefficient (Wildman–Crippen LogP) is 3.54. The molecule has 0 saturated carbocycles. The average molecular weight is 370 g/mol. The second kappa shape index (κ2) is 8.12. The molecule has 2 aromatic rings. The summed E-state index contributed by atoms with van der Waals surface area (Å²) in [7, 11) is 0. The molecule has 27 heavy (non-hydrogen) atoms. The highest BCUT2D eigenvalue weighted by Crippen LogP contribution is 2.34. The van der Waals surface area contributed by atoms with Crippen LogP contribution in [0, 0.1) is 17.1 Å². The Morgan fingerprint density at radius 1 is 1.41 bits per heavy atom. The summed E-state index contributed by atoms with van der Waals surface area (Å²) in [4.78, 5) is 14.1. The van der Waals surface area contributed by atoms with Gasteiger partial charge in [0.2, 0.25) is 5.91 Å². The number of hydrogen-bond acceptors (Lipinski definition) is 3. The molecule has 1 aliphatic heterocycles. The van der Waals surface area contributed by atoms with E-state index in [4.69, 9.17) is 5.26 Å². The van der Waals surface area contributed by atoms with Crippen LogP contribution in [0.1, 0.15) is 36.4 Å². The van der Waals surface area contributed by atoms with Gasteiger partial charge in [-0.2, -0.15) is 10.4 Å². The normalized spacial score (nSPS) is 19.1. The molecule has 1 aliphatic rings. The van der Waals surface area contributed by atoms with Gasteiger partial charge in [0.15, 0.2) is 0 Å². The third kappa shape index (κ3) is 4.59. The molecule has 0 spiro atoms. The smallest absolute Gasteiger partial charge is 0.223 e. The van der Waals surface area contributed by atoms with Crippen LogP contribution in [0.25, 0.3) is 0 Å². The number of allylic oxidation sites excluding steroid dienone is 1. The summed E-state index contributed by atoms with van der Waals surface area (Å²) in [6, 6.07) is 7.53. The molecule has 3 rings (SSSR count). The van der Waals surface area contributed by atoms with E-state index in [1.165, 1.54) is 23.2 Å². The van der Waals surface area contributed by atoms with Crippen molar-refractivity contribution >= 4 is 5.91 Å². The molecule has 1 fully saturated rings. The van der Waals surface area contributed by atoms with Crippen LogP contribution in [0.3, 0.4) is 0 Å². The van der Waals surface area contributed by atoms with Crippen LogP contribution in [0.15, 0.2) is 48.8 Å². The Hall–Kier alpha value is -3.01. The molecule has 0 radical (unpaired) electrons. The van der Waals surface area contributed by atoms with Gasteiger partial charge >= 0.3 is 0 Å². The fourth-order valence-electron chi connectivity index (χ4n) is 3.33. The van der Waals surface area contributed by atoms with E-state index < -0.39 is 18.0 Å². The third-order valence-electron chi connectivity index (χ3n) is 4.64. The van der Waals surface area contributed by atoms with Gasteiger partial charge in [-0.25, -0.2) is 8.78 Å². The molecule has 1 aromatic carbocycles. The molecule has 140 valence electrons. The maximum Gasteiger partial charge on any atom is 0.223 e. The highest BCUT2D eigenvalue weighted by atomic mass is 19.1. The number of halogens is 2. The number of nitrogens with zero attached hydrogens (tertiary/aromatic N) is 4. The number of alkyl halides is 1. The Morgan fingerprint density at radius 3 is 2.93 bits per heavy atom. The summed E-state index contributed by atoms with van der Waals surface area (Å²) in [5.41, 5.74) is 1.86. The van der Waals surface area contributed by atoms with Gasteiger partial charge in [-0.1, -0.05) is 24.3 Å². The number of carbonyl (C=O) groups excluding carboxylic acids is 1. The lowest BCUT2D eigenvalue weighted by atomic mass is 10.0. The van der Waals surface area contributed by atoms with E-state index in [1.54, 1.807) is 23.0 Å². The Kier molecular flexibility index (Phi) is 5.65. The monoisotopic (exact) mass is 370 g/mol. The van der Waals surface area contributed by atoms with Gasteiger partial charge in [-0.3, -0.25) is 9.48 Å². The van der Waals surface area contributed by atoms with E-state index in [-0.39, 0.29) is 25.3 Å². The largest absolute Gasteiger partial charge is 0.333 e. The molecule has 0 aliphatic carbocycles. The molecule has 0 N–H and O–H groups in total. The Balaban J connectivity index is 1.59. The lowest BCUT2D eigenvalue weighted by Gasteiger charge is -2.25. The van der Waals surface area contributed by atoms with Crippen molar-refractivity contribution in [2.75, 3.05) is 6.54 Å². The van der Waals surface area contributed by atoms with Crippen molar-refractivity contribution in [1.82, 2.24) is 14.7 Å². The van der Waals surface area contributed by atoms with E-state index in [2.05, 4.69) is 11.7 Å². The Bertz CT molecular complexity index is 886. The van der Waals surface area contributed by atoms with Gasteiger partial charge in [0.25, 0.3) is 0 Å². The van der Waals surface area contributed by atoms with Gasteiger partial charge in [0, 0.05) is 19.0 Å². The van der Waals surface area contributed by atoms with E-state index in [0.717, 1.165) is 5.57 Å². The number of nitriles is 1. The first-order valence-corrected chi connectivity index (χ1v) is 8.74. The number of hydrogen-bond donors (Lipinski definition) is 0. The van der Waals surface area contributed by atoms with Crippen molar-refractivity contribution in [3.63, 3.8) is 0 Å². The number of rotatable bonds is 6. The summed E-state index contributed by atoms with van der Waals surface area (Å²) in [6.07, 6.45) is 2.78. The van der Waals surface area contributed by atoms with Gasteiger partial charge in [-0.15, -0.1) is 0 Å². The number of amides is 1. The zero-order valence-electron chi connectivity index (χ0n) is 14.8. The zero-order valence-corrected chi connectivity index (χ0v) is 14.8. The second-order valence-electron chi connectivity index (χ2n) is 6.74. The maximum absolute atomic E-state index is 13.9. The van der Waals surface area contributed by atoms with Gasteiger partial charge in [0.05, 0.1) is 30.9 Å². The van der Waals surface area contributed by atoms with Crippen molar-refractivity contribution in [3.05, 3.63) is 65.8 Å². The van der Waals surface area contributed by atoms with Crippen molar-refractivity contribution in [1.29, 1.82) is 5.26 Å². The van der Waals surface area contributed by atoms with Crippen LogP contribution < -0.4 is 0 Å². The maximum atomic E-state index is 13.9. The van der Waals surface area contributed by atoms with Crippen molar-refractivity contribution in [3.8, 4) is 6.07 Å². The number of benzene rings is 1. The van der Waals surface area contributed by atoms with E-state index >= 15 is 0 Å². The summed E-state index contributed by atoms with van der Waals surface area (Å²) in [6.45, 7) is 4.38. The molecule has 2 heterocycles. The fourth-order valence-corrected chi connectivity index (χ4v) is 3.33. The standard InChI is InChI=1S/C20H20F2N4O/c1-14(11-25-12-15(9-23)10-24-25)5-6-20(27)26-13-18(22)8-19(26)16-3-2-4-17(21)7-16/h2-4,7,10,12,18-19H,1,5-6,8,11,13H2. The molecule has 1 amide bonds. The minimum absolute atomic E-state index is 0.0250. The molecule has 2 unspecified atom stereocenters. The van der Waals surface area contributed by atoms with Crippen molar-refractivity contribution < 1.29 is 13.6 Å². The predicted molar refractivity (Wildman–Crippen MR) is 95.7 cm³/mol. The molecule has 7 heteroatoms. The van der Waals surface area contributed by atoms with Crippen LogP contribution >= 0.6 is 0 Å². The molecule has 0 bridgehead atoms. The minimum Gasteiger partial charge on any atom is -0.333 e. The summed E-state index contributed by atoms with van der Waals surface area (Å²) >= 11 is 0. The van der Waals surface area contributed by atoms with Crippen molar-refractivity contribution in [2.45, 2.75) is 38.0 Å². The van der Waals surface area contributed by atoms with Gasteiger partial charge < -0.3 is 4.90 Å². The fraction of sp³-hybridized carbons (Fsp3) is 0.350. The van der Waals surface area contributed by atoms with Crippen LogP contribution in [-0.4, -0.2) is 33.3 Å². The molecular formula is C20H20F2N4O. The first-order valence-electron chi connectivity index (χ1n) is 8.74. The third-order valence-corrected chi connectivity index (χ3v) is 4.64. The lowest BCUT2D eigenvalue weighted by molar-refractivity contribution is -0.132. The Morgan fingerprint density at radius 2 is 2.22 bits per heavy atom. The minimum atomic E-state index is -1.11. The van der Waals surface area contributed by atoms with Crippen LogP contribution in [0.4, 0.5) is 8.78 Å². The average Bonchev–Trinajstić information content (AvgIpc) is 3.26. The molecule has 1 saturated heterocycles.